The first-order valence-electron chi connectivity index (χ1n) is 6.40. The van der Waals surface area contributed by atoms with E-state index in [1.807, 2.05) is 30.3 Å². The Morgan fingerprint density at radius 3 is 2.75 bits per heavy atom. The van der Waals surface area contributed by atoms with Gasteiger partial charge in [0.15, 0.2) is 6.61 Å². The van der Waals surface area contributed by atoms with Crippen LogP contribution in [0.25, 0.3) is 10.8 Å². The van der Waals surface area contributed by atoms with E-state index in [9.17, 15) is 0 Å². The van der Waals surface area contributed by atoms with Crippen molar-refractivity contribution in [3.8, 4) is 5.75 Å². The summed E-state index contributed by atoms with van der Waals surface area (Å²) in [5.41, 5.74) is 6.84. The van der Waals surface area contributed by atoms with Gasteiger partial charge in [0.2, 0.25) is 5.89 Å². The second-order valence-corrected chi connectivity index (χ2v) is 4.47. The molecule has 20 heavy (non-hydrogen) atoms. The van der Waals surface area contributed by atoms with Crippen molar-refractivity contribution in [1.29, 1.82) is 0 Å². The number of benzene rings is 2. The van der Waals surface area contributed by atoms with Crippen molar-refractivity contribution in [2.45, 2.75) is 20.1 Å². The summed E-state index contributed by atoms with van der Waals surface area (Å²) in [4.78, 5) is 0. The van der Waals surface area contributed by atoms with Crippen LogP contribution in [0.1, 0.15) is 17.3 Å². The normalized spacial score (nSPS) is 10.9. The van der Waals surface area contributed by atoms with Gasteiger partial charge in [-0.1, -0.05) is 30.3 Å². The summed E-state index contributed by atoms with van der Waals surface area (Å²) < 4.78 is 11.0. The summed E-state index contributed by atoms with van der Waals surface area (Å²) in [6.07, 6.45) is 0. The molecule has 0 unspecified atom stereocenters. The molecule has 3 aromatic rings. The van der Waals surface area contributed by atoms with E-state index in [2.05, 4.69) is 16.3 Å². The number of hydrogen-bond acceptors (Lipinski definition) is 5. The third-order valence-electron chi connectivity index (χ3n) is 3.12. The maximum absolute atomic E-state index is 5.86. The Bertz CT molecular complexity index is 737. The van der Waals surface area contributed by atoms with E-state index in [1.165, 1.54) is 0 Å². The number of nitrogens with zero attached hydrogens (tertiary/aromatic N) is 2. The molecule has 0 saturated heterocycles. The van der Waals surface area contributed by atoms with Crippen LogP contribution in [0.4, 0.5) is 0 Å². The fourth-order valence-electron chi connectivity index (χ4n) is 2.20. The van der Waals surface area contributed by atoms with Crippen molar-refractivity contribution in [2.24, 2.45) is 5.73 Å². The highest BCUT2D eigenvalue weighted by Crippen LogP contribution is 2.28. The zero-order valence-corrected chi connectivity index (χ0v) is 11.2. The molecule has 0 amide bonds. The minimum atomic E-state index is 0.242. The van der Waals surface area contributed by atoms with E-state index in [0.717, 1.165) is 22.1 Å². The van der Waals surface area contributed by atoms with Crippen molar-refractivity contribution in [3.63, 3.8) is 0 Å². The largest absolute Gasteiger partial charge is 0.483 e. The monoisotopic (exact) mass is 269 g/mol. The third-order valence-corrected chi connectivity index (χ3v) is 3.12. The summed E-state index contributed by atoms with van der Waals surface area (Å²) >= 11 is 0. The molecule has 2 N–H and O–H groups in total. The minimum absolute atomic E-state index is 0.242. The second-order valence-electron chi connectivity index (χ2n) is 4.47. The lowest BCUT2D eigenvalue weighted by molar-refractivity contribution is 0.258. The highest BCUT2D eigenvalue weighted by Gasteiger charge is 2.09. The molecule has 102 valence electrons. The van der Waals surface area contributed by atoms with E-state index in [4.69, 9.17) is 14.9 Å². The smallest absolute Gasteiger partial charge is 0.253 e. The van der Waals surface area contributed by atoms with Crippen molar-refractivity contribution in [1.82, 2.24) is 10.2 Å². The quantitative estimate of drug-likeness (QED) is 0.788. The standard InChI is InChI=1S/C15H15N3O2/c1-10-17-18-15(20-10)9-19-14-7-6-11-4-2-3-5-12(11)13(14)8-16/h2-7H,8-9,16H2,1H3. The topological polar surface area (TPSA) is 74.2 Å². The fraction of sp³-hybridized carbons (Fsp3) is 0.200. The Hall–Kier alpha value is -2.40. The second kappa shape index (κ2) is 5.30. The molecule has 0 atom stereocenters. The van der Waals surface area contributed by atoms with Gasteiger partial charge in [-0.25, -0.2) is 0 Å². The van der Waals surface area contributed by atoms with Crippen LogP contribution >= 0.6 is 0 Å². The molecule has 0 spiro atoms. The van der Waals surface area contributed by atoms with Crippen LogP contribution in [0.2, 0.25) is 0 Å². The highest BCUT2D eigenvalue weighted by molar-refractivity contribution is 5.87. The lowest BCUT2D eigenvalue weighted by Gasteiger charge is -2.11. The highest BCUT2D eigenvalue weighted by atomic mass is 16.5. The first-order valence-corrected chi connectivity index (χ1v) is 6.40. The average Bonchev–Trinajstić information content (AvgIpc) is 2.90. The maximum Gasteiger partial charge on any atom is 0.253 e. The number of aromatic nitrogens is 2. The van der Waals surface area contributed by atoms with E-state index in [0.29, 0.717) is 18.3 Å². The van der Waals surface area contributed by atoms with Crippen molar-refractivity contribution < 1.29 is 9.15 Å². The third kappa shape index (κ3) is 2.35. The number of hydrogen-bond donors (Lipinski definition) is 1. The van der Waals surface area contributed by atoms with Crippen molar-refractivity contribution in [2.75, 3.05) is 0 Å². The van der Waals surface area contributed by atoms with Crippen LogP contribution < -0.4 is 10.5 Å². The first kappa shape index (κ1) is 12.6. The zero-order valence-electron chi connectivity index (χ0n) is 11.2. The Kier molecular flexibility index (Phi) is 3.35. The molecule has 0 fully saturated rings. The first-order chi connectivity index (χ1) is 9.78. The lowest BCUT2D eigenvalue weighted by Crippen LogP contribution is -2.03. The van der Waals surface area contributed by atoms with Gasteiger partial charge in [-0.05, 0) is 16.8 Å². The molecule has 0 radical (unpaired) electrons. The molecule has 0 aliphatic heterocycles. The van der Waals surface area contributed by atoms with Gasteiger partial charge in [0.05, 0.1) is 0 Å². The number of aryl methyl sites for hydroxylation is 1. The summed E-state index contributed by atoms with van der Waals surface area (Å²) in [7, 11) is 0. The SMILES string of the molecule is Cc1nnc(COc2ccc3ccccc3c2CN)o1. The summed E-state index contributed by atoms with van der Waals surface area (Å²) in [6, 6.07) is 12.0. The van der Waals surface area contributed by atoms with Gasteiger partial charge in [0.1, 0.15) is 5.75 Å². The number of rotatable bonds is 4. The van der Waals surface area contributed by atoms with Crippen LogP contribution in [0, 0.1) is 6.92 Å². The Morgan fingerprint density at radius 2 is 2.00 bits per heavy atom. The van der Waals surface area contributed by atoms with Gasteiger partial charge in [0, 0.05) is 19.0 Å². The fourth-order valence-corrected chi connectivity index (χ4v) is 2.20. The van der Waals surface area contributed by atoms with Crippen molar-refractivity contribution >= 4 is 10.8 Å². The predicted molar refractivity (Wildman–Crippen MR) is 75.2 cm³/mol. The molecule has 3 rings (SSSR count). The van der Waals surface area contributed by atoms with E-state index < -0.39 is 0 Å². The predicted octanol–water partition coefficient (Wildman–Crippen LogP) is 2.57. The summed E-state index contributed by atoms with van der Waals surface area (Å²) in [5.74, 6) is 1.74. The van der Waals surface area contributed by atoms with Crippen LogP contribution in [-0.4, -0.2) is 10.2 Å². The Morgan fingerprint density at radius 1 is 1.15 bits per heavy atom. The van der Waals surface area contributed by atoms with Gasteiger partial charge in [-0.15, -0.1) is 10.2 Å². The summed E-state index contributed by atoms with van der Waals surface area (Å²) in [5, 5.41) is 9.93. The van der Waals surface area contributed by atoms with E-state index >= 15 is 0 Å². The summed E-state index contributed by atoms with van der Waals surface area (Å²) in [6.45, 7) is 2.41. The number of ether oxygens (including phenoxy) is 1. The van der Waals surface area contributed by atoms with Gasteiger partial charge in [0.25, 0.3) is 5.89 Å². The zero-order chi connectivity index (χ0) is 13.9. The van der Waals surface area contributed by atoms with Gasteiger partial charge in [-0.2, -0.15) is 0 Å². The number of fused-ring (bicyclic) bond motifs is 1. The molecule has 0 saturated carbocycles. The molecule has 5 heteroatoms. The van der Waals surface area contributed by atoms with Crippen molar-refractivity contribution in [3.05, 3.63) is 53.7 Å². The van der Waals surface area contributed by atoms with Crippen LogP contribution in [-0.2, 0) is 13.2 Å². The maximum atomic E-state index is 5.86. The van der Waals surface area contributed by atoms with Gasteiger partial charge >= 0.3 is 0 Å². The molecule has 1 heterocycles. The Labute approximate surface area is 116 Å². The molecule has 0 aliphatic rings. The molecular formula is C15H15N3O2. The minimum Gasteiger partial charge on any atom is -0.483 e. The van der Waals surface area contributed by atoms with Crippen LogP contribution in [0.5, 0.6) is 5.75 Å². The van der Waals surface area contributed by atoms with Crippen LogP contribution in [0.3, 0.4) is 0 Å². The van der Waals surface area contributed by atoms with Gasteiger partial charge in [-0.3, -0.25) is 0 Å². The molecule has 0 bridgehead atoms. The molecule has 1 aromatic heterocycles. The molecule has 5 nitrogen and oxygen atoms in total. The van der Waals surface area contributed by atoms with Gasteiger partial charge < -0.3 is 14.9 Å². The average molecular weight is 269 g/mol. The van der Waals surface area contributed by atoms with E-state index in [-0.39, 0.29) is 6.61 Å². The lowest BCUT2D eigenvalue weighted by atomic mass is 10.0. The van der Waals surface area contributed by atoms with Crippen LogP contribution in [0.15, 0.2) is 40.8 Å². The Balaban J connectivity index is 1.91. The molecule has 0 aliphatic carbocycles. The molecule has 2 aromatic carbocycles. The number of nitrogens with two attached hydrogens (primary N) is 1. The molecular weight excluding hydrogens is 254 g/mol. The van der Waals surface area contributed by atoms with E-state index in [1.54, 1.807) is 6.92 Å².